The first kappa shape index (κ1) is 12.4. The van der Waals surface area contributed by atoms with Gasteiger partial charge in [-0.25, -0.2) is 4.79 Å². The van der Waals surface area contributed by atoms with Crippen LogP contribution in [0.1, 0.15) is 20.8 Å². The van der Waals surface area contributed by atoms with Gasteiger partial charge in [-0.1, -0.05) is 6.08 Å². The third-order valence-electron chi connectivity index (χ3n) is 1.92. The molecule has 0 spiro atoms. The van der Waals surface area contributed by atoms with Crippen molar-refractivity contribution >= 4 is 11.9 Å². The molecule has 0 fully saturated rings. The third kappa shape index (κ3) is 3.43. The molecule has 78 valence electrons. The minimum absolute atomic E-state index is 0.131. The zero-order chi connectivity index (χ0) is 11.3. The lowest BCUT2D eigenvalue weighted by atomic mass is 9.99. The van der Waals surface area contributed by atoms with Crippen LogP contribution >= 0.6 is 0 Å². The van der Waals surface area contributed by atoms with E-state index in [2.05, 4.69) is 0 Å². The summed E-state index contributed by atoms with van der Waals surface area (Å²) < 4.78 is 0. The van der Waals surface area contributed by atoms with Gasteiger partial charge < -0.3 is 10.2 Å². The van der Waals surface area contributed by atoms with E-state index in [1.54, 1.807) is 13.0 Å². The predicted octanol–water partition coefficient (Wildman–Crippen LogP) is 1.68. The summed E-state index contributed by atoms with van der Waals surface area (Å²) in [4.78, 5) is 21.1. The SMILES string of the molecule is CC=C(C=C(C)C(=O)O)C(C)C(=O)O. The normalized spacial score (nSPS) is 15.1. The maximum Gasteiger partial charge on any atom is 0.331 e. The average Bonchev–Trinajstić information content (AvgIpc) is 2.12. The molecular weight excluding hydrogens is 184 g/mol. The van der Waals surface area contributed by atoms with Crippen molar-refractivity contribution in [3.63, 3.8) is 0 Å². The first-order valence-electron chi connectivity index (χ1n) is 4.20. The monoisotopic (exact) mass is 198 g/mol. The first-order chi connectivity index (χ1) is 6.40. The maximum atomic E-state index is 10.6. The van der Waals surface area contributed by atoms with Crippen molar-refractivity contribution in [3.05, 3.63) is 23.3 Å². The summed E-state index contributed by atoms with van der Waals surface area (Å²) in [5.41, 5.74) is 0.628. The molecule has 4 heteroatoms. The molecular formula is C10H14O4. The number of rotatable bonds is 4. The van der Waals surface area contributed by atoms with Crippen molar-refractivity contribution < 1.29 is 19.8 Å². The van der Waals surface area contributed by atoms with Crippen LogP contribution in [0.5, 0.6) is 0 Å². The molecule has 2 N–H and O–H groups in total. The molecule has 0 bridgehead atoms. The Morgan fingerprint density at radius 3 is 2.07 bits per heavy atom. The summed E-state index contributed by atoms with van der Waals surface area (Å²) in [7, 11) is 0. The minimum atomic E-state index is -1.04. The number of carboxylic acids is 2. The molecule has 14 heavy (non-hydrogen) atoms. The van der Waals surface area contributed by atoms with Gasteiger partial charge in [0.05, 0.1) is 5.92 Å². The Morgan fingerprint density at radius 2 is 1.79 bits per heavy atom. The fourth-order valence-corrected chi connectivity index (χ4v) is 0.913. The highest BCUT2D eigenvalue weighted by Gasteiger charge is 2.15. The number of hydrogen-bond acceptors (Lipinski definition) is 2. The molecule has 0 aliphatic rings. The van der Waals surface area contributed by atoms with Gasteiger partial charge in [0.1, 0.15) is 0 Å². The molecule has 0 aromatic heterocycles. The van der Waals surface area contributed by atoms with Crippen LogP contribution in [0.4, 0.5) is 0 Å². The Balaban J connectivity index is 4.87. The van der Waals surface area contributed by atoms with Crippen LogP contribution in [-0.2, 0) is 9.59 Å². The van der Waals surface area contributed by atoms with Crippen molar-refractivity contribution in [1.29, 1.82) is 0 Å². The van der Waals surface area contributed by atoms with Gasteiger partial charge >= 0.3 is 11.9 Å². The molecule has 0 aliphatic carbocycles. The van der Waals surface area contributed by atoms with Crippen LogP contribution in [0, 0.1) is 5.92 Å². The highest BCUT2D eigenvalue weighted by molar-refractivity contribution is 5.87. The largest absolute Gasteiger partial charge is 0.481 e. The Morgan fingerprint density at radius 1 is 1.29 bits per heavy atom. The molecule has 0 radical (unpaired) electrons. The number of carbonyl (C=O) groups is 2. The molecule has 0 aliphatic heterocycles. The number of allylic oxidation sites excluding steroid dienone is 2. The second kappa shape index (κ2) is 5.21. The molecule has 0 saturated heterocycles. The molecule has 0 saturated carbocycles. The van der Waals surface area contributed by atoms with Crippen molar-refractivity contribution in [2.24, 2.45) is 5.92 Å². The molecule has 0 aromatic carbocycles. The minimum Gasteiger partial charge on any atom is -0.481 e. The Hall–Kier alpha value is -1.58. The van der Waals surface area contributed by atoms with E-state index >= 15 is 0 Å². The lowest BCUT2D eigenvalue weighted by Gasteiger charge is -2.07. The van der Waals surface area contributed by atoms with Gasteiger partial charge in [0.25, 0.3) is 0 Å². The van der Waals surface area contributed by atoms with E-state index in [1.165, 1.54) is 19.9 Å². The molecule has 0 heterocycles. The fraction of sp³-hybridized carbons (Fsp3) is 0.400. The molecule has 0 rings (SSSR count). The quantitative estimate of drug-likeness (QED) is 0.532. The molecule has 0 amide bonds. The number of hydrogen-bond donors (Lipinski definition) is 2. The summed E-state index contributed by atoms with van der Waals surface area (Å²) in [6.07, 6.45) is 2.98. The molecule has 4 nitrogen and oxygen atoms in total. The van der Waals surface area contributed by atoms with E-state index in [-0.39, 0.29) is 5.57 Å². The summed E-state index contributed by atoms with van der Waals surface area (Å²) in [6, 6.07) is 0. The molecule has 1 atom stereocenters. The van der Waals surface area contributed by atoms with E-state index in [9.17, 15) is 9.59 Å². The Kier molecular flexibility index (Phi) is 4.63. The van der Waals surface area contributed by atoms with Gasteiger partial charge in [-0.05, 0) is 32.4 Å². The number of carboxylic acid groups (broad SMARTS) is 2. The fourth-order valence-electron chi connectivity index (χ4n) is 0.913. The van der Waals surface area contributed by atoms with Crippen LogP contribution in [-0.4, -0.2) is 22.2 Å². The first-order valence-corrected chi connectivity index (χ1v) is 4.20. The molecule has 0 aromatic rings. The summed E-state index contributed by atoms with van der Waals surface area (Å²) in [5, 5.41) is 17.3. The van der Waals surface area contributed by atoms with E-state index in [4.69, 9.17) is 10.2 Å². The van der Waals surface area contributed by atoms with E-state index in [1.807, 2.05) is 0 Å². The van der Waals surface area contributed by atoms with E-state index in [0.717, 1.165) is 0 Å². The zero-order valence-electron chi connectivity index (χ0n) is 8.44. The highest BCUT2D eigenvalue weighted by Crippen LogP contribution is 2.14. The van der Waals surface area contributed by atoms with Crippen molar-refractivity contribution in [3.8, 4) is 0 Å². The summed E-state index contributed by atoms with van der Waals surface area (Å²) in [5.74, 6) is -2.69. The topological polar surface area (TPSA) is 74.6 Å². The van der Waals surface area contributed by atoms with Gasteiger partial charge in [-0.3, -0.25) is 4.79 Å². The average molecular weight is 198 g/mol. The predicted molar refractivity (Wildman–Crippen MR) is 51.9 cm³/mol. The van der Waals surface area contributed by atoms with Gasteiger partial charge in [0, 0.05) is 5.57 Å². The Labute approximate surface area is 82.6 Å². The van der Waals surface area contributed by atoms with Crippen LogP contribution in [0.25, 0.3) is 0 Å². The third-order valence-corrected chi connectivity index (χ3v) is 1.92. The van der Waals surface area contributed by atoms with Gasteiger partial charge in [-0.15, -0.1) is 0 Å². The lowest BCUT2D eigenvalue weighted by molar-refractivity contribution is -0.139. The Bertz CT molecular complexity index is 299. The van der Waals surface area contributed by atoms with Gasteiger partial charge in [0.15, 0.2) is 0 Å². The standard InChI is InChI=1S/C10H14O4/c1-4-8(7(3)10(13)14)5-6(2)9(11)12/h4-5,7H,1-3H3,(H,11,12)(H,13,14). The van der Waals surface area contributed by atoms with E-state index < -0.39 is 17.9 Å². The summed E-state index contributed by atoms with van der Waals surface area (Å²) in [6.45, 7) is 4.63. The molecule has 1 unspecified atom stereocenters. The van der Waals surface area contributed by atoms with Gasteiger partial charge in [0.2, 0.25) is 0 Å². The van der Waals surface area contributed by atoms with Crippen molar-refractivity contribution in [2.45, 2.75) is 20.8 Å². The summed E-state index contributed by atoms with van der Waals surface area (Å²) >= 11 is 0. The van der Waals surface area contributed by atoms with E-state index in [0.29, 0.717) is 5.57 Å². The van der Waals surface area contributed by atoms with Crippen LogP contribution in [0.2, 0.25) is 0 Å². The zero-order valence-corrected chi connectivity index (χ0v) is 8.44. The van der Waals surface area contributed by atoms with Crippen molar-refractivity contribution in [1.82, 2.24) is 0 Å². The smallest absolute Gasteiger partial charge is 0.331 e. The lowest BCUT2D eigenvalue weighted by Crippen LogP contribution is -2.12. The van der Waals surface area contributed by atoms with Gasteiger partial charge in [-0.2, -0.15) is 0 Å². The van der Waals surface area contributed by atoms with Crippen LogP contribution in [0.15, 0.2) is 23.3 Å². The second-order valence-electron chi connectivity index (χ2n) is 2.98. The second-order valence-corrected chi connectivity index (χ2v) is 2.98. The van der Waals surface area contributed by atoms with Crippen LogP contribution < -0.4 is 0 Å². The number of aliphatic carboxylic acids is 2. The highest BCUT2D eigenvalue weighted by atomic mass is 16.4. The maximum absolute atomic E-state index is 10.6. The van der Waals surface area contributed by atoms with Crippen molar-refractivity contribution in [2.75, 3.05) is 0 Å². The van der Waals surface area contributed by atoms with Crippen LogP contribution in [0.3, 0.4) is 0 Å².